The number of aliphatic hydroxyl groups excluding tert-OH is 1. The van der Waals surface area contributed by atoms with Crippen LogP contribution < -0.4 is 25.6 Å². The number of aromatic nitrogens is 2. The number of likely N-dealkylation sites (tertiary alicyclic amines) is 1. The second kappa shape index (κ2) is 13.0. The van der Waals surface area contributed by atoms with Crippen LogP contribution in [0.2, 0.25) is 5.02 Å². The van der Waals surface area contributed by atoms with Crippen LogP contribution in [0.5, 0.6) is 5.88 Å². The van der Waals surface area contributed by atoms with Crippen molar-refractivity contribution in [3.63, 3.8) is 0 Å². The predicted octanol–water partition coefficient (Wildman–Crippen LogP) is 6.78. The number of rotatable bonds is 6. The largest absolute Gasteiger partial charge is 0.481 e. The molecule has 1 spiro atoms. The summed E-state index contributed by atoms with van der Waals surface area (Å²) in [5, 5.41) is 20.5. The molecule has 2 aromatic carbocycles. The number of aryl methyl sites for hydroxylation is 1. The number of nitrogens with one attached hydrogen (secondary N) is 3. The molecule has 1 aliphatic carbocycles. The number of halogens is 4. The van der Waals surface area contributed by atoms with Gasteiger partial charge in [0.2, 0.25) is 5.88 Å². The number of urea groups is 2. The van der Waals surface area contributed by atoms with E-state index in [9.17, 15) is 27.9 Å². The summed E-state index contributed by atoms with van der Waals surface area (Å²) < 4.78 is 48.0. The molecule has 3 unspecified atom stereocenters. The van der Waals surface area contributed by atoms with Crippen molar-refractivity contribution in [3.05, 3.63) is 81.5 Å². The highest BCUT2D eigenvalue weighted by molar-refractivity contribution is 6.36. The van der Waals surface area contributed by atoms with Gasteiger partial charge in [0.25, 0.3) is 0 Å². The van der Waals surface area contributed by atoms with Crippen molar-refractivity contribution in [3.8, 4) is 28.3 Å². The number of hydrogen-bond acceptors (Lipinski definition) is 8. The van der Waals surface area contributed by atoms with Crippen molar-refractivity contribution in [1.29, 1.82) is 0 Å². The summed E-state index contributed by atoms with van der Waals surface area (Å²) in [7, 11) is 4.31. The third-order valence-electron chi connectivity index (χ3n) is 11.2. The van der Waals surface area contributed by atoms with Crippen LogP contribution in [-0.4, -0.2) is 83.3 Å². The average Bonchev–Trinajstić information content (AvgIpc) is 3.87. The molecule has 2 saturated heterocycles. The molecule has 282 valence electrons. The van der Waals surface area contributed by atoms with Gasteiger partial charge in [0.1, 0.15) is 11.5 Å². The number of carbonyl (C=O) groups is 2. The Hall–Kier alpha value is -5.12. The smallest absolute Gasteiger partial charge is 0.433 e. The molecule has 5 heterocycles. The number of anilines is 3. The number of carbonyl (C=O) groups excluding carboxylic acids is 2. The highest BCUT2D eigenvalue weighted by Gasteiger charge is 2.47. The van der Waals surface area contributed by atoms with E-state index in [1.807, 2.05) is 31.2 Å². The van der Waals surface area contributed by atoms with Crippen LogP contribution in [0.4, 0.5) is 40.0 Å². The Kier molecular flexibility index (Phi) is 8.66. The first-order chi connectivity index (χ1) is 25.7. The lowest BCUT2D eigenvalue weighted by Crippen LogP contribution is -2.46. The van der Waals surface area contributed by atoms with Gasteiger partial charge in [-0.25, -0.2) is 19.6 Å². The van der Waals surface area contributed by atoms with Gasteiger partial charge in [-0.05, 0) is 61.1 Å². The summed E-state index contributed by atoms with van der Waals surface area (Å²) in [4.78, 5) is 37.9. The monoisotopic (exact) mass is 762 g/mol. The second-order valence-corrected chi connectivity index (χ2v) is 14.7. The summed E-state index contributed by atoms with van der Waals surface area (Å²) in [6.07, 6.45) is -3.77. The van der Waals surface area contributed by atoms with Gasteiger partial charge in [-0.1, -0.05) is 41.9 Å². The zero-order chi connectivity index (χ0) is 38.3. The van der Waals surface area contributed by atoms with E-state index in [0.29, 0.717) is 51.1 Å². The number of aliphatic hydroxyl groups is 1. The highest BCUT2D eigenvalue weighted by atomic mass is 35.5. The zero-order valence-corrected chi connectivity index (χ0v) is 30.7. The standard InChI is InChI=1S/C38H38ClF3N8O4/c1-19-21(7-6-10-24(19)44-32-30-27(16-28(46-32)38(40,41)42)48(2)36(53)49(3)34(30)51)22-8-5-9-23(31(22)39)25-15-20-11-12-26(29(20)33(45-25)54-4)50-14-13-37(18-50)17-43-35(52)47-37/h5-10,15-16,26,34,51H,11-14,17-18H2,1-4H3,(H,44,46)(H2,43,47,52). The van der Waals surface area contributed by atoms with Crippen LogP contribution in [0.1, 0.15) is 53.1 Å². The maximum Gasteiger partial charge on any atom is 0.433 e. The number of pyridine rings is 2. The van der Waals surface area contributed by atoms with E-state index in [2.05, 4.69) is 31.9 Å². The molecule has 12 nitrogen and oxygen atoms in total. The van der Waals surface area contributed by atoms with Crippen molar-refractivity contribution < 1.29 is 32.6 Å². The second-order valence-electron chi connectivity index (χ2n) is 14.3. The van der Waals surface area contributed by atoms with Crippen molar-refractivity contribution in [2.45, 2.75) is 50.2 Å². The Morgan fingerprint density at radius 3 is 2.52 bits per heavy atom. The normalized spacial score (nSPS) is 22.4. The molecule has 0 radical (unpaired) electrons. The number of methoxy groups -OCH3 is 1. The molecule has 0 bridgehead atoms. The van der Waals surface area contributed by atoms with E-state index in [-0.39, 0.29) is 34.7 Å². The Labute approximate surface area is 314 Å². The van der Waals surface area contributed by atoms with Gasteiger partial charge in [-0.15, -0.1) is 0 Å². The van der Waals surface area contributed by atoms with Crippen molar-refractivity contribution in [2.75, 3.05) is 51.1 Å². The third kappa shape index (κ3) is 5.85. The van der Waals surface area contributed by atoms with E-state index >= 15 is 0 Å². The van der Waals surface area contributed by atoms with E-state index in [4.69, 9.17) is 21.3 Å². The molecule has 4 aliphatic rings. The fraction of sp³-hybridized carbons (Fsp3) is 0.368. The molecule has 8 rings (SSSR count). The van der Waals surface area contributed by atoms with E-state index < -0.39 is 24.1 Å². The zero-order valence-electron chi connectivity index (χ0n) is 29.9. The van der Waals surface area contributed by atoms with Gasteiger partial charge in [0.15, 0.2) is 6.23 Å². The van der Waals surface area contributed by atoms with Crippen molar-refractivity contribution in [2.24, 2.45) is 0 Å². The van der Waals surface area contributed by atoms with Crippen LogP contribution in [-0.2, 0) is 12.6 Å². The maximum atomic E-state index is 14.0. The Morgan fingerprint density at radius 1 is 1.06 bits per heavy atom. The predicted molar refractivity (Wildman–Crippen MR) is 197 cm³/mol. The van der Waals surface area contributed by atoms with E-state index in [0.717, 1.165) is 59.3 Å². The van der Waals surface area contributed by atoms with Crippen LogP contribution >= 0.6 is 11.6 Å². The van der Waals surface area contributed by atoms with Gasteiger partial charge in [-0.3, -0.25) is 14.7 Å². The molecule has 16 heteroatoms. The first-order valence-electron chi connectivity index (χ1n) is 17.5. The summed E-state index contributed by atoms with van der Waals surface area (Å²) in [5.41, 5.74) is 4.42. The van der Waals surface area contributed by atoms with E-state index in [1.54, 1.807) is 19.2 Å². The van der Waals surface area contributed by atoms with Gasteiger partial charge < -0.3 is 25.8 Å². The topological polar surface area (TPSA) is 135 Å². The number of nitrogens with zero attached hydrogens (tertiary/aromatic N) is 5. The summed E-state index contributed by atoms with van der Waals surface area (Å²) in [5.74, 6) is 0.292. The molecule has 2 fully saturated rings. The SMILES string of the molecule is COc1nc(-c2cccc(-c3cccc(Nc4nc(C(F)(F)F)cc5c4C(O)N(C)C(=O)N5C)c3C)c2Cl)cc2c1C(N1CCC3(CNC(=O)N3)C1)CC2. The lowest BCUT2D eigenvalue weighted by Gasteiger charge is -2.37. The molecule has 3 aliphatic heterocycles. The fourth-order valence-corrected chi connectivity index (χ4v) is 8.64. The Balaban J connectivity index is 1.13. The molecule has 54 heavy (non-hydrogen) atoms. The molecular weight excluding hydrogens is 725 g/mol. The highest BCUT2D eigenvalue weighted by Crippen LogP contribution is 2.47. The third-order valence-corrected chi connectivity index (χ3v) is 11.6. The maximum absolute atomic E-state index is 14.0. The van der Waals surface area contributed by atoms with Gasteiger partial charge in [0.05, 0.1) is 34.6 Å². The Bertz CT molecular complexity index is 2220. The number of fused-ring (bicyclic) bond motifs is 2. The lowest BCUT2D eigenvalue weighted by atomic mass is 9.95. The summed E-state index contributed by atoms with van der Waals surface area (Å²) >= 11 is 7.19. The van der Waals surface area contributed by atoms with Gasteiger partial charge in [0, 0.05) is 62.1 Å². The van der Waals surface area contributed by atoms with Crippen LogP contribution in [0.25, 0.3) is 22.4 Å². The first kappa shape index (κ1) is 35.9. The number of alkyl halides is 3. The molecular formula is C38H38ClF3N8O4. The molecule has 4 amide bonds. The minimum atomic E-state index is -4.81. The van der Waals surface area contributed by atoms with Crippen LogP contribution in [0.15, 0.2) is 48.5 Å². The van der Waals surface area contributed by atoms with Crippen LogP contribution in [0, 0.1) is 6.92 Å². The number of amides is 4. The number of hydrogen-bond donors (Lipinski definition) is 4. The average molecular weight is 763 g/mol. The first-order valence-corrected chi connectivity index (χ1v) is 17.9. The number of ether oxygens (including phenoxy) is 1. The molecule has 4 N–H and O–H groups in total. The summed E-state index contributed by atoms with van der Waals surface area (Å²) in [6, 6.07) is 13.1. The molecule has 0 saturated carbocycles. The fourth-order valence-electron chi connectivity index (χ4n) is 8.32. The molecule has 2 aromatic heterocycles. The van der Waals surface area contributed by atoms with Crippen molar-refractivity contribution >= 4 is 40.9 Å². The minimum Gasteiger partial charge on any atom is -0.481 e. The Morgan fingerprint density at radius 2 is 1.80 bits per heavy atom. The minimum absolute atomic E-state index is 0.0304. The van der Waals surface area contributed by atoms with Crippen molar-refractivity contribution in [1.82, 2.24) is 30.4 Å². The molecule has 3 atom stereocenters. The lowest BCUT2D eigenvalue weighted by molar-refractivity contribution is -0.141. The van der Waals surface area contributed by atoms with Crippen LogP contribution in [0.3, 0.4) is 0 Å². The molecule has 4 aromatic rings. The van der Waals surface area contributed by atoms with Gasteiger partial charge >= 0.3 is 18.2 Å². The summed E-state index contributed by atoms with van der Waals surface area (Å²) in [6.45, 7) is 4.00. The quantitative estimate of drug-likeness (QED) is 0.169. The number of benzene rings is 2. The van der Waals surface area contributed by atoms with Gasteiger partial charge in [-0.2, -0.15) is 13.2 Å². The van der Waals surface area contributed by atoms with E-state index in [1.165, 1.54) is 14.1 Å².